The van der Waals surface area contributed by atoms with E-state index in [0.717, 1.165) is 47.7 Å². The minimum absolute atomic E-state index is 0.710. The highest BCUT2D eigenvalue weighted by molar-refractivity contribution is 6.37. The maximum absolute atomic E-state index is 6.60. The Morgan fingerprint density at radius 2 is 2.15 bits per heavy atom. The predicted molar refractivity (Wildman–Crippen MR) is 85.7 cm³/mol. The van der Waals surface area contributed by atoms with Crippen LogP contribution in [0.5, 0.6) is 0 Å². The van der Waals surface area contributed by atoms with Crippen LogP contribution < -0.4 is 0 Å². The lowest BCUT2D eigenvalue weighted by Crippen LogP contribution is -2.32. The lowest BCUT2D eigenvalue weighted by atomic mass is 10.0. The molecule has 0 amide bonds. The predicted octanol–water partition coefficient (Wildman–Crippen LogP) is 4.70. The topological polar surface area (TPSA) is 16.1 Å². The first-order valence-corrected chi connectivity index (χ1v) is 7.93. The fraction of sp³-hybridized carbons (Fsp3) is 0.438. The van der Waals surface area contributed by atoms with E-state index >= 15 is 0 Å². The molecule has 0 radical (unpaired) electrons. The Kier molecular flexibility index (Phi) is 4.16. The van der Waals surface area contributed by atoms with Crippen LogP contribution in [0.25, 0.3) is 10.9 Å². The number of fused-ring (bicyclic) bond motifs is 2. The Labute approximate surface area is 129 Å². The number of aromatic nitrogens is 1. The second-order valence-corrected chi connectivity index (χ2v) is 6.21. The maximum Gasteiger partial charge on any atom is 0.0735 e. The van der Waals surface area contributed by atoms with Crippen molar-refractivity contribution in [3.63, 3.8) is 0 Å². The molecular formula is C16H18Cl2N2. The van der Waals surface area contributed by atoms with Gasteiger partial charge in [0.15, 0.2) is 0 Å². The van der Waals surface area contributed by atoms with E-state index in [9.17, 15) is 0 Å². The quantitative estimate of drug-likeness (QED) is 0.817. The molecule has 1 aliphatic heterocycles. The average Bonchev–Trinajstić information content (AvgIpc) is 2.45. The summed E-state index contributed by atoms with van der Waals surface area (Å²) >= 11 is 12.6. The summed E-state index contributed by atoms with van der Waals surface area (Å²) in [6, 6.07) is 5.74. The number of benzene rings is 1. The van der Waals surface area contributed by atoms with Crippen LogP contribution in [-0.4, -0.2) is 23.0 Å². The van der Waals surface area contributed by atoms with Crippen molar-refractivity contribution in [1.82, 2.24) is 9.88 Å². The second-order valence-electron chi connectivity index (χ2n) is 5.39. The molecule has 2 aromatic rings. The van der Waals surface area contributed by atoms with Crippen LogP contribution in [0.15, 0.2) is 18.2 Å². The fourth-order valence-corrected chi connectivity index (χ4v) is 3.29. The van der Waals surface area contributed by atoms with Gasteiger partial charge >= 0.3 is 0 Å². The van der Waals surface area contributed by atoms with Gasteiger partial charge in [-0.25, -0.2) is 0 Å². The molecule has 0 spiro atoms. The average molecular weight is 309 g/mol. The van der Waals surface area contributed by atoms with Gasteiger partial charge in [-0.05, 0) is 31.2 Å². The van der Waals surface area contributed by atoms with E-state index in [2.05, 4.69) is 11.8 Å². The highest BCUT2D eigenvalue weighted by Gasteiger charge is 2.21. The molecule has 2 heterocycles. The molecule has 3 rings (SSSR count). The smallest absolute Gasteiger partial charge is 0.0735 e. The SMILES string of the molecule is CCCCN1CCc2nc3cc(Cl)ccc3c(Cl)c2C1. The van der Waals surface area contributed by atoms with Gasteiger partial charge in [-0.15, -0.1) is 0 Å². The van der Waals surface area contributed by atoms with Crippen molar-refractivity contribution in [2.45, 2.75) is 32.7 Å². The largest absolute Gasteiger partial charge is 0.299 e. The van der Waals surface area contributed by atoms with Crippen molar-refractivity contribution in [2.24, 2.45) is 0 Å². The molecule has 0 fully saturated rings. The zero-order chi connectivity index (χ0) is 14.1. The van der Waals surface area contributed by atoms with E-state index in [1.165, 1.54) is 18.4 Å². The molecule has 1 aromatic heterocycles. The molecule has 0 bridgehead atoms. The van der Waals surface area contributed by atoms with Crippen molar-refractivity contribution in [1.29, 1.82) is 0 Å². The summed E-state index contributed by atoms with van der Waals surface area (Å²) in [4.78, 5) is 7.23. The van der Waals surface area contributed by atoms with Crippen LogP contribution in [0.3, 0.4) is 0 Å². The van der Waals surface area contributed by atoms with Crippen LogP contribution >= 0.6 is 23.2 Å². The van der Waals surface area contributed by atoms with Crippen molar-refractivity contribution >= 4 is 34.1 Å². The van der Waals surface area contributed by atoms with E-state index in [1.54, 1.807) is 0 Å². The van der Waals surface area contributed by atoms with Crippen LogP contribution in [-0.2, 0) is 13.0 Å². The van der Waals surface area contributed by atoms with Crippen LogP contribution in [0.2, 0.25) is 10.0 Å². The van der Waals surface area contributed by atoms with Gasteiger partial charge in [0.2, 0.25) is 0 Å². The summed E-state index contributed by atoms with van der Waals surface area (Å²) < 4.78 is 0. The monoisotopic (exact) mass is 308 g/mol. The molecule has 20 heavy (non-hydrogen) atoms. The van der Waals surface area contributed by atoms with E-state index in [1.807, 2.05) is 18.2 Å². The highest BCUT2D eigenvalue weighted by Crippen LogP contribution is 2.32. The number of nitrogens with zero attached hydrogens (tertiary/aromatic N) is 2. The summed E-state index contributed by atoms with van der Waals surface area (Å²) in [6.07, 6.45) is 3.44. The van der Waals surface area contributed by atoms with E-state index in [0.29, 0.717) is 5.02 Å². The Bertz CT molecular complexity index is 640. The lowest BCUT2D eigenvalue weighted by molar-refractivity contribution is 0.248. The van der Waals surface area contributed by atoms with E-state index < -0.39 is 0 Å². The molecule has 106 valence electrons. The second kappa shape index (κ2) is 5.88. The molecule has 0 unspecified atom stereocenters. The normalized spacial score (nSPS) is 15.6. The van der Waals surface area contributed by atoms with Gasteiger partial charge in [0.05, 0.1) is 10.5 Å². The zero-order valence-corrected chi connectivity index (χ0v) is 13.1. The van der Waals surface area contributed by atoms with Gasteiger partial charge in [-0.2, -0.15) is 0 Å². The van der Waals surface area contributed by atoms with Gasteiger partial charge < -0.3 is 0 Å². The van der Waals surface area contributed by atoms with Gasteiger partial charge in [0, 0.05) is 41.2 Å². The number of hydrogen-bond donors (Lipinski definition) is 0. The number of pyridine rings is 1. The molecule has 0 saturated carbocycles. The summed E-state index contributed by atoms with van der Waals surface area (Å²) in [5.41, 5.74) is 3.24. The van der Waals surface area contributed by atoms with Gasteiger partial charge in [-0.1, -0.05) is 36.5 Å². The third kappa shape index (κ3) is 2.65. The van der Waals surface area contributed by atoms with Crippen LogP contribution in [0.4, 0.5) is 0 Å². The van der Waals surface area contributed by atoms with Crippen LogP contribution in [0, 0.1) is 0 Å². The van der Waals surface area contributed by atoms with Gasteiger partial charge in [0.1, 0.15) is 0 Å². The Hall–Kier alpha value is -0.830. The molecule has 0 atom stereocenters. The Morgan fingerprint density at radius 3 is 2.95 bits per heavy atom. The van der Waals surface area contributed by atoms with Crippen molar-refractivity contribution in [3.05, 3.63) is 39.5 Å². The summed E-state index contributed by atoms with van der Waals surface area (Å²) in [6.45, 7) is 5.36. The summed E-state index contributed by atoms with van der Waals surface area (Å²) in [5.74, 6) is 0. The standard InChI is InChI=1S/C16H18Cl2N2/c1-2-3-7-20-8-6-14-13(10-20)16(18)12-5-4-11(17)9-15(12)19-14/h4-5,9H,2-3,6-8,10H2,1H3. The van der Waals surface area contributed by atoms with Crippen molar-refractivity contribution in [3.8, 4) is 0 Å². The van der Waals surface area contributed by atoms with Crippen molar-refractivity contribution < 1.29 is 0 Å². The molecule has 0 aliphatic carbocycles. The zero-order valence-electron chi connectivity index (χ0n) is 11.6. The molecule has 4 heteroatoms. The first-order chi connectivity index (χ1) is 9.69. The molecular weight excluding hydrogens is 291 g/mol. The van der Waals surface area contributed by atoms with Crippen molar-refractivity contribution in [2.75, 3.05) is 13.1 Å². The molecule has 0 saturated heterocycles. The van der Waals surface area contributed by atoms with Gasteiger partial charge in [-0.3, -0.25) is 9.88 Å². The summed E-state index contributed by atoms with van der Waals surface area (Å²) in [7, 11) is 0. The van der Waals surface area contributed by atoms with Crippen LogP contribution in [0.1, 0.15) is 31.0 Å². The fourth-order valence-electron chi connectivity index (χ4n) is 2.79. The summed E-state index contributed by atoms with van der Waals surface area (Å²) in [5, 5.41) is 2.57. The third-order valence-electron chi connectivity index (χ3n) is 3.94. The third-order valence-corrected chi connectivity index (χ3v) is 4.61. The maximum atomic E-state index is 6.60. The van der Waals surface area contributed by atoms with E-state index in [4.69, 9.17) is 28.2 Å². The molecule has 2 nitrogen and oxygen atoms in total. The number of rotatable bonds is 3. The first-order valence-electron chi connectivity index (χ1n) is 7.18. The lowest BCUT2D eigenvalue weighted by Gasteiger charge is -2.29. The Morgan fingerprint density at radius 1 is 1.30 bits per heavy atom. The molecule has 1 aromatic carbocycles. The highest BCUT2D eigenvalue weighted by atomic mass is 35.5. The minimum atomic E-state index is 0.710. The minimum Gasteiger partial charge on any atom is -0.299 e. The Balaban J connectivity index is 1.99. The molecule has 0 N–H and O–H groups in total. The number of hydrogen-bond acceptors (Lipinski definition) is 2. The van der Waals surface area contributed by atoms with Gasteiger partial charge in [0.25, 0.3) is 0 Å². The van der Waals surface area contributed by atoms with E-state index in [-0.39, 0.29) is 0 Å². The number of unbranched alkanes of at least 4 members (excludes halogenated alkanes) is 1. The number of halogens is 2. The molecule has 1 aliphatic rings. The first kappa shape index (κ1) is 14.1.